The number of para-hydroxylation sites is 1. The van der Waals surface area contributed by atoms with E-state index in [9.17, 15) is 9.59 Å². The van der Waals surface area contributed by atoms with Gasteiger partial charge in [-0.2, -0.15) is 9.78 Å². The van der Waals surface area contributed by atoms with E-state index in [2.05, 4.69) is 41.7 Å². The van der Waals surface area contributed by atoms with Gasteiger partial charge in [-0.15, -0.1) is 0 Å². The van der Waals surface area contributed by atoms with Crippen molar-refractivity contribution in [3.63, 3.8) is 0 Å². The Kier molecular flexibility index (Phi) is 8.24. The molecule has 0 radical (unpaired) electrons. The fourth-order valence-corrected chi connectivity index (χ4v) is 5.04. The van der Waals surface area contributed by atoms with Crippen LogP contribution in [0.5, 0.6) is 11.5 Å². The van der Waals surface area contributed by atoms with Crippen LogP contribution in [0.3, 0.4) is 0 Å². The number of fused-ring (bicyclic) bond motifs is 2. The van der Waals surface area contributed by atoms with Gasteiger partial charge in [0.25, 0.3) is 5.56 Å². The van der Waals surface area contributed by atoms with Crippen LogP contribution in [0.15, 0.2) is 77.9 Å². The molecule has 0 bridgehead atoms. The molecule has 0 aliphatic heterocycles. The number of hydrogen-bond donors (Lipinski definition) is 0. The summed E-state index contributed by atoms with van der Waals surface area (Å²) in [5.41, 5.74) is 1.27. The highest BCUT2D eigenvalue weighted by atomic mass is 79.9. The number of halogens is 3. The predicted molar refractivity (Wildman–Crippen MR) is 160 cm³/mol. The first-order valence-electron chi connectivity index (χ1n) is 11.9. The molecule has 0 amide bonds. The van der Waals surface area contributed by atoms with E-state index in [1.165, 1.54) is 18.0 Å². The summed E-state index contributed by atoms with van der Waals surface area (Å²) in [6.07, 6.45) is 1.49. The summed E-state index contributed by atoms with van der Waals surface area (Å²) in [6.45, 7) is 1.85. The van der Waals surface area contributed by atoms with E-state index < -0.39 is 5.97 Å². The third-order valence-corrected chi connectivity index (χ3v) is 8.16. The Balaban J connectivity index is 1.64. The Morgan fingerprint density at radius 3 is 2.70 bits per heavy atom. The maximum absolute atomic E-state index is 13.6. The SMILES string of the molecule is CCOc1cc(C=Nn2c(-c3cc4cc(Cl)ccc4o3)nc3ccccc3c2=O)c(Br)c(Br)c1OCC(=O)OC. The van der Waals surface area contributed by atoms with Gasteiger partial charge in [-0.05, 0) is 81.2 Å². The minimum atomic E-state index is -0.542. The van der Waals surface area contributed by atoms with Crippen LogP contribution >= 0.6 is 43.5 Å². The fraction of sp³-hybridized carbons (Fsp3) is 0.143. The molecule has 0 unspecified atom stereocenters. The second-order valence-corrected chi connectivity index (χ2v) is 10.3. The second kappa shape index (κ2) is 11.8. The quantitative estimate of drug-likeness (QED) is 0.130. The summed E-state index contributed by atoms with van der Waals surface area (Å²) in [5.74, 6) is 0.688. The van der Waals surface area contributed by atoms with Crippen molar-refractivity contribution in [1.29, 1.82) is 0 Å². The van der Waals surface area contributed by atoms with E-state index in [0.29, 0.717) is 59.9 Å². The number of benzene rings is 3. The number of aromatic nitrogens is 2. The van der Waals surface area contributed by atoms with E-state index in [-0.39, 0.29) is 18.0 Å². The van der Waals surface area contributed by atoms with Gasteiger partial charge in [-0.25, -0.2) is 9.78 Å². The maximum atomic E-state index is 13.6. The minimum absolute atomic E-state index is 0.213. The minimum Gasteiger partial charge on any atom is -0.490 e. The van der Waals surface area contributed by atoms with Gasteiger partial charge in [0.05, 0.1) is 35.3 Å². The largest absolute Gasteiger partial charge is 0.490 e. The molecule has 9 nitrogen and oxygen atoms in total. The summed E-state index contributed by atoms with van der Waals surface area (Å²) in [4.78, 5) is 29.9. The first kappa shape index (κ1) is 27.9. The van der Waals surface area contributed by atoms with E-state index in [1.807, 2.05) is 6.92 Å². The van der Waals surface area contributed by atoms with Crippen molar-refractivity contribution in [3.8, 4) is 23.1 Å². The molecular weight excluding hydrogens is 670 g/mol. The zero-order valence-electron chi connectivity index (χ0n) is 21.1. The highest BCUT2D eigenvalue weighted by Gasteiger charge is 2.20. The molecule has 3 aromatic carbocycles. The Hall–Kier alpha value is -3.67. The van der Waals surface area contributed by atoms with Crippen molar-refractivity contribution >= 4 is 77.5 Å². The molecule has 2 heterocycles. The van der Waals surface area contributed by atoms with Crippen LogP contribution in [-0.4, -0.2) is 42.2 Å². The van der Waals surface area contributed by atoms with Gasteiger partial charge in [0.1, 0.15) is 5.58 Å². The number of carbonyl (C=O) groups is 1. The van der Waals surface area contributed by atoms with Crippen LogP contribution in [-0.2, 0) is 9.53 Å². The van der Waals surface area contributed by atoms with Crippen molar-refractivity contribution in [2.75, 3.05) is 20.3 Å². The van der Waals surface area contributed by atoms with Gasteiger partial charge in [0.15, 0.2) is 23.9 Å². The van der Waals surface area contributed by atoms with Crippen molar-refractivity contribution in [2.24, 2.45) is 5.10 Å². The number of hydrogen-bond acceptors (Lipinski definition) is 8. The highest BCUT2D eigenvalue weighted by molar-refractivity contribution is 9.13. The summed E-state index contributed by atoms with van der Waals surface area (Å²) in [5, 5.41) is 6.23. The zero-order valence-corrected chi connectivity index (χ0v) is 25.0. The van der Waals surface area contributed by atoms with Gasteiger partial charge in [0, 0.05) is 20.4 Å². The molecule has 0 fully saturated rings. The normalized spacial score (nSPS) is 11.4. The topological polar surface area (TPSA) is 105 Å². The van der Waals surface area contributed by atoms with Gasteiger partial charge in [-0.1, -0.05) is 23.7 Å². The molecule has 5 rings (SSSR count). The lowest BCUT2D eigenvalue weighted by Crippen LogP contribution is -2.20. The number of rotatable bonds is 8. The average Bonchev–Trinajstić information content (AvgIpc) is 3.37. The zero-order chi connectivity index (χ0) is 28.4. The number of furan rings is 1. The van der Waals surface area contributed by atoms with E-state index in [1.54, 1.807) is 54.6 Å². The van der Waals surface area contributed by atoms with Gasteiger partial charge in [0.2, 0.25) is 5.82 Å². The van der Waals surface area contributed by atoms with Crippen LogP contribution in [0, 0.1) is 0 Å². The lowest BCUT2D eigenvalue weighted by Gasteiger charge is -2.15. The number of ether oxygens (including phenoxy) is 3. The lowest BCUT2D eigenvalue weighted by molar-refractivity contribution is -0.142. The molecule has 12 heteroatoms. The molecule has 0 atom stereocenters. The summed E-state index contributed by atoms with van der Waals surface area (Å²) in [6, 6.07) is 15.7. The van der Waals surface area contributed by atoms with Crippen molar-refractivity contribution in [1.82, 2.24) is 9.66 Å². The van der Waals surface area contributed by atoms with Crippen LogP contribution in [0.4, 0.5) is 0 Å². The molecule has 0 aliphatic carbocycles. The molecule has 0 saturated heterocycles. The van der Waals surface area contributed by atoms with Gasteiger partial charge >= 0.3 is 5.97 Å². The van der Waals surface area contributed by atoms with Crippen molar-refractivity contribution in [3.05, 3.63) is 84.5 Å². The number of nitrogens with zero attached hydrogens (tertiary/aromatic N) is 3. The number of esters is 1. The van der Waals surface area contributed by atoms with Crippen molar-refractivity contribution in [2.45, 2.75) is 6.92 Å². The predicted octanol–water partition coefficient (Wildman–Crippen LogP) is 6.82. The third-order valence-electron chi connectivity index (χ3n) is 5.78. The van der Waals surface area contributed by atoms with Crippen LogP contribution in [0.2, 0.25) is 5.02 Å². The van der Waals surface area contributed by atoms with Gasteiger partial charge in [-0.3, -0.25) is 4.79 Å². The van der Waals surface area contributed by atoms with Gasteiger partial charge < -0.3 is 18.6 Å². The Labute approximate surface area is 249 Å². The molecule has 204 valence electrons. The molecule has 2 aromatic heterocycles. The molecule has 0 aliphatic rings. The first-order valence-corrected chi connectivity index (χ1v) is 13.9. The summed E-state index contributed by atoms with van der Waals surface area (Å²) >= 11 is 13.2. The maximum Gasteiger partial charge on any atom is 0.343 e. The summed E-state index contributed by atoms with van der Waals surface area (Å²) in [7, 11) is 1.28. The summed E-state index contributed by atoms with van der Waals surface area (Å²) < 4.78 is 24.3. The van der Waals surface area contributed by atoms with Crippen molar-refractivity contribution < 1.29 is 23.4 Å². The highest BCUT2D eigenvalue weighted by Crippen LogP contribution is 2.42. The molecule has 40 heavy (non-hydrogen) atoms. The van der Waals surface area contributed by atoms with E-state index in [4.69, 9.17) is 30.5 Å². The number of methoxy groups -OCH3 is 1. The smallest absolute Gasteiger partial charge is 0.343 e. The van der Waals surface area contributed by atoms with Crippen LogP contribution in [0.25, 0.3) is 33.5 Å². The Morgan fingerprint density at radius 1 is 1.12 bits per heavy atom. The van der Waals surface area contributed by atoms with E-state index in [0.717, 1.165) is 5.39 Å². The Morgan fingerprint density at radius 2 is 1.93 bits per heavy atom. The van der Waals surface area contributed by atoms with E-state index >= 15 is 0 Å². The molecule has 0 spiro atoms. The molecule has 5 aromatic rings. The van der Waals surface area contributed by atoms with Crippen LogP contribution in [0.1, 0.15) is 12.5 Å². The molecule has 0 saturated carbocycles. The third kappa shape index (κ3) is 5.49. The monoisotopic (exact) mass is 687 g/mol. The first-order chi connectivity index (χ1) is 19.3. The molecular formula is C28H20Br2ClN3O6. The standard InChI is InChI=1S/C28H20Br2ClN3O6/c1-3-38-21-12-16(24(29)25(30)26(21)39-14-23(35)37-2)13-32-34-27(33-19-7-5-4-6-18(19)28(34)36)22-11-15-10-17(31)8-9-20(15)40-22/h4-13H,3,14H2,1-2H3. The molecule has 0 N–H and O–H groups in total. The average molecular weight is 690 g/mol. The lowest BCUT2D eigenvalue weighted by atomic mass is 10.2. The van der Waals surface area contributed by atoms with Crippen LogP contribution < -0.4 is 15.0 Å². The Bertz CT molecular complexity index is 1850. The fourth-order valence-electron chi connectivity index (χ4n) is 3.92. The number of carbonyl (C=O) groups excluding carboxylic acids is 1. The second-order valence-electron chi connectivity index (χ2n) is 8.33.